The second-order valence-electron chi connectivity index (χ2n) is 2.92. The van der Waals surface area contributed by atoms with Crippen LogP contribution < -0.4 is 0 Å². The number of rotatable bonds is 11. The fraction of sp³-hybridized carbons (Fsp3) is 1.00. The van der Waals surface area contributed by atoms with Gasteiger partial charge in [-0.15, -0.1) is 0 Å². The average molecular weight is 206 g/mol. The molecule has 4 heteroatoms. The van der Waals surface area contributed by atoms with Gasteiger partial charge in [-0.1, -0.05) is 0 Å². The van der Waals surface area contributed by atoms with Crippen molar-refractivity contribution < 1.29 is 18.9 Å². The summed E-state index contributed by atoms with van der Waals surface area (Å²) in [6, 6.07) is 0. The Morgan fingerprint density at radius 3 is 1.36 bits per heavy atom. The van der Waals surface area contributed by atoms with E-state index in [9.17, 15) is 0 Å². The lowest BCUT2D eigenvalue weighted by Crippen LogP contribution is -2.08. The van der Waals surface area contributed by atoms with Crippen LogP contribution in [-0.2, 0) is 18.9 Å². The Kier molecular flexibility index (Phi) is 12.7. The highest BCUT2D eigenvalue weighted by molar-refractivity contribution is 4.36. The van der Waals surface area contributed by atoms with Crippen LogP contribution in [0.3, 0.4) is 0 Å². The minimum atomic E-state index is 0.663. The monoisotopic (exact) mass is 206 g/mol. The van der Waals surface area contributed by atoms with E-state index in [2.05, 4.69) is 0 Å². The van der Waals surface area contributed by atoms with Crippen LogP contribution in [0.2, 0.25) is 0 Å². The zero-order chi connectivity index (χ0) is 10.5. The Hall–Kier alpha value is -0.160. The van der Waals surface area contributed by atoms with E-state index in [1.165, 1.54) is 0 Å². The fourth-order valence-corrected chi connectivity index (χ4v) is 0.933. The molecule has 0 bridgehead atoms. The van der Waals surface area contributed by atoms with Crippen molar-refractivity contribution in [2.45, 2.75) is 12.8 Å². The van der Waals surface area contributed by atoms with Crippen LogP contribution in [0.4, 0.5) is 0 Å². The molecule has 0 saturated heterocycles. The topological polar surface area (TPSA) is 36.9 Å². The summed E-state index contributed by atoms with van der Waals surface area (Å²) in [5.41, 5.74) is 0. The van der Waals surface area contributed by atoms with E-state index in [0.29, 0.717) is 13.2 Å². The standard InChI is InChI=1S/C10H22O4/c1-11-5-3-7-13-9-10-14-8-4-6-12-2/h3-10H2,1-2H3. The molecule has 0 atom stereocenters. The molecule has 0 N–H and O–H groups in total. The molecule has 0 amide bonds. The van der Waals surface area contributed by atoms with Crippen molar-refractivity contribution in [2.75, 3.05) is 53.9 Å². The molecule has 0 rings (SSSR count). The SMILES string of the molecule is COCCCOCCOCCCOC. The van der Waals surface area contributed by atoms with Gasteiger partial charge in [-0.25, -0.2) is 0 Å². The first-order valence-electron chi connectivity index (χ1n) is 5.05. The Balaban J connectivity index is 2.78. The van der Waals surface area contributed by atoms with Crippen LogP contribution in [0.15, 0.2) is 0 Å². The van der Waals surface area contributed by atoms with Crippen molar-refractivity contribution >= 4 is 0 Å². The molecule has 14 heavy (non-hydrogen) atoms. The first-order chi connectivity index (χ1) is 6.91. The van der Waals surface area contributed by atoms with Gasteiger partial charge in [-0.3, -0.25) is 0 Å². The quantitative estimate of drug-likeness (QED) is 0.474. The third-order valence-electron chi connectivity index (χ3n) is 1.65. The van der Waals surface area contributed by atoms with E-state index in [4.69, 9.17) is 18.9 Å². The van der Waals surface area contributed by atoms with Crippen molar-refractivity contribution in [1.82, 2.24) is 0 Å². The maximum Gasteiger partial charge on any atom is 0.0700 e. The normalized spacial score (nSPS) is 10.7. The fourth-order valence-electron chi connectivity index (χ4n) is 0.933. The van der Waals surface area contributed by atoms with Crippen LogP contribution in [0.25, 0.3) is 0 Å². The summed E-state index contributed by atoms with van der Waals surface area (Å²) in [5, 5.41) is 0. The zero-order valence-electron chi connectivity index (χ0n) is 9.29. The van der Waals surface area contributed by atoms with Gasteiger partial charge in [0.1, 0.15) is 0 Å². The van der Waals surface area contributed by atoms with Crippen LogP contribution in [0, 0.1) is 0 Å². The smallest absolute Gasteiger partial charge is 0.0700 e. The van der Waals surface area contributed by atoms with Crippen molar-refractivity contribution in [3.63, 3.8) is 0 Å². The second-order valence-corrected chi connectivity index (χ2v) is 2.92. The van der Waals surface area contributed by atoms with Gasteiger partial charge in [-0.05, 0) is 12.8 Å². The van der Waals surface area contributed by atoms with E-state index in [0.717, 1.165) is 39.3 Å². The molecule has 0 aliphatic carbocycles. The van der Waals surface area contributed by atoms with Gasteiger partial charge in [0.05, 0.1) is 13.2 Å². The van der Waals surface area contributed by atoms with Crippen molar-refractivity contribution in [1.29, 1.82) is 0 Å². The van der Waals surface area contributed by atoms with Gasteiger partial charge in [0.15, 0.2) is 0 Å². The number of ether oxygens (including phenoxy) is 4. The van der Waals surface area contributed by atoms with Crippen LogP contribution >= 0.6 is 0 Å². The summed E-state index contributed by atoms with van der Waals surface area (Å²) in [5.74, 6) is 0. The van der Waals surface area contributed by atoms with E-state index >= 15 is 0 Å². The van der Waals surface area contributed by atoms with Gasteiger partial charge in [0, 0.05) is 40.6 Å². The summed E-state index contributed by atoms with van der Waals surface area (Å²) >= 11 is 0. The second kappa shape index (κ2) is 12.8. The van der Waals surface area contributed by atoms with E-state index < -0.39 is 0 Å². The lowest BCUT2D eigenvalue weighted by Gasteiger charge is -2.05. The van der Waals surface area contributed by atoms with Crippen molar-refractivity contribution in [3.8, 4) is 0 Å². The summed E-state index contributed by atoms with van der Waals surface area (Å²) in [6.45, 7) is 4.33. The Bertz CT molecular complexity index is 86.1. The summed E-state index contributed by atoms with van der Waals surface area (Å²) < 4.78 is 20.4. The van der Waals surface area contributed by atoms with Gasteiger partial charge in [0.25, 0.3) is 0 Å². The van der Waals surface area contributed by atoms with E-state index in [1.807, 2.05) is 0 Å². The third-order valence-corrected chi connectivity index (χ3v) is 1.65. The minimum absolute atomic E-state index is 0.663. The summed E-state index contributed by atoms with van der Waals surface area (Å²) in [4.78, 5) is 0. The third kappa shape index (κ3) is 11.8. The molecule has 0 unspecified atom stereocenters. The lowest BCUT2D eigenvalue weighted by atomic mass is 10.5. The van der Waals surface area contributed by atoms with Crippen LogP contribution in [0.1, 0.15) is 12.8 Å². The highest BCUT2D eigenvalue weighted by Gasteiger charge is 1.90. The highest BCUT2D eigenvalue weighted by Crippen LogP contribution is 1.86. The first-order valence-corrected chi connectivity index (χ1v) is 5.05. The Morgan fingerprint density at radius 2 is 1.00 bits per heavy atom. The molecular weight excluding hydrogens is 184 g/mol. The molecule has 0 heterocycles. The highest BCUT2D eigenvalue weighted by atomic mass is 16.5. The number of methoxy groups -OCH3 is 2. The minimum Gasteiger partial charge on any atom is -0.385 e. The Labute approximate surface area is 86.5 Å². The molecule has 0 aliphatic rings. The predicted molar refractivity (Wildman–Crippen MR) is 54.6 cm³/mol. The molecule has 0 aromatic carbocycles. The van der Waals surface area contributed by atoms with Gasteiger partial charge < -0.3 is 18.9 Å². The summed E-state index contributed by atoms with van der Waals surface area (Å²) in [7, 11) is 3.39. The molecule has 0 fully saturated rings. The first kappa shape index (κ1) is 13.8. The van der Waals surface area contributed by atoms with Gasteiger partial charge in [-0.2, -0.15) is 0 Å². The molecular formula is C10H22O4. The van der Waals surface area contributed by atoms with Crippen molar-refractivity contribution in [2.24, 2.45) is 0 Å². The molecule has 0 aliphatic heterocycles. The molecule has 0 radical (unpaired) electrons. The largest absolute Gasteiger partial charge is 0.385 e. The maximum atomic E-state index is 5.31. The number of hydrogen-bond acceptors (Lipinski definition) is 4. The molecule has 0 aromatic rings. The Morgan fingerprint density at radius 1 is 0.571 bits per heavy atom. The zero-order valence-corrected chi connectivity index (χ0v) is 9.29. The molecule has 0 saturated carbocycles. The molecule has 0 aromatic heterocycles. The van der Waals surface area contributed by atoms with Crippen molar-refractivity contribution in [3.05, 3.63) is 0 Å². The van der Waals surface area contributed by atoms with E-state index in [-0.39, 0.29) is 0 Å². The summed E-state index contributed by atoms with van der Waals surface area (Å²) in [6.07, 6.45) is 1.89. The molecule has 86 valence electrons. The average Bonchev–Trinajstić information content (AvgIpc) is 2.21. The van der Waals surface area contributed by atoms with Crippen LogP contribution in [0.5, 0.6) is 0 Å². The van der Waals surface area contributed by atoms with Gasteiger partial charge in [0.2, 0.25) is 0 Å². The molecule has 0 spiro atoms. The van der Waals surface area contributed by atoms with E-state index in [1.54, 1.807) is 14.2 Å². The number of hydrogen-bond donors (Lipinski definition) is 0. The van der Waals surface area contributed by atoms with Crippen LogP contribution in [-0.4, -0.2) is 53.9 Å². The predicted octanol–water partition coefficient (Wildman–Crippen LogP) is 1.09. The molecule has 4 nitrogen and oxygen atoms in total. The maximum absolute atomic E-state index is 5.31. The lowest BCUT2D eigenvalue weighted by molar-refractivity contribution is 0.0335. The van der Waals surface area contributed by atoms with Gasteiger partial charge >= 0.3 is 0 Å².